The van der Waals surface area contributed by atoms with Crippen LogP contribution in [0.4, 0.5) is 0 Å². The Balaban J connectivity index is 2.06. The van der Waals surface area contributed by atoms with Crippen molar-refractivity contribution in [1.29, 1.82) is 0 Å². The van der Waals surface area contributed by atoms with E-state index in [9.17, 15) is 4.79 Å². The molecule has 1 saturated heterocycles. The van der Waals surface area contributed by atoms with Gasteiger partial charge in [-0.3, -0.25) is 9.69 Å². The molecule has 1 aliphatic heterocycles. The van der Waals surface area contributed by atoms with Crippen molar-refractivity contribution in [1.82, 2.24) is 10.2 Å². The summed E-state index contributed by atoms with van der Waals surface area (Å²) >= 11 is 0. The first-order chi connectivity index (χ1) is 9.02. The van der Waals surface area contributed by atoms with Crippen LogP contribution in [0, 0.1) is 0 Å². The summed E-state index contributed by atoms with van der Waals surface area (Å²) in [6.07, 6.45) is 2.39. The Morgan fingerprint density at radius 1 is 1.37 bits per heavy atom. The Bertz CT molecular complexity index is 263. The molecule has 0 aromatic heterocycles. The molecule has 19 heavy (non-hydrogen) atoms. The van der Waals surface area contributed by atoms with Crippen LogP contribution in [0.3, 0.4) is 0 Å². The molecule has 1 amide bonds. The van der Waals surface area contributed by atoms with E-state index >= 15 is 0 Å². The first-order valence-corrected chi connectivity index (χ1v) is 7.21. The number of nitrogens with one attached hydrogen (secondary N) is 1. The Morgan fingerprint density at radius 3 is 2.58 bits per heavy atom. The molecule has 0 aromatic rings. The fourth-order valence-corrected chi connectivity index (χ4v) is 2.39. The number of methoxy groups -OCH3 is 1. The average Bonchev–Trinajstić information content (AvgIpc) is 2.36. The predicted molar refractivity (Wildman–Crippen MR) is 75.2 cm³/mol. The van der Waals surface area contributed by atoms with Gasteiger partial charge in [0.2, 0.25) is 5.91 Å². The molecular formula is C14H28N2O3. The summed E-state index contributed by atoms with van der Waals surface area (Å²) in [5.74, 6) is -0.0314. The predicted octanol–water partition coefficient (Wildman–Crippen LogP) is 1.03. The number of hydrogen-bond donors (Lipinski definition) is 1. The lowest BCUT2D eigenvalue weighted by atomic mass is 10.2. The van der Waals surface area contributed by atoms with Crippen LogP contribution in [0.5, 0.6) is 0 Å². The first-order valence-electron chi connectivity index (χ1n) is 7.21. The molecule has 3 atom stereocenters. The lowest BCUT2D eigenvalue weighted by Gasteiger charge is -2.35. The first kappa shape index (κ1) is 16.4. The molecule has 5 heteroatoms. The van der Waals surface area contributed by atoms with Gasteiger partial charge in [0.25, 0.3) is 0 Å². The maximum atomic E-state index is 11.5. The number of morpholine rings is 1. The lowest BCUT2D eigenvalue weighted by Crippen LogP contribution is -2.45. The van der Waals surface area contributed by atoms with Crippen LogP contribution < -0.4 is 5.32 Å². The van der Waals surface area contributed by atoms with Crippen molar-refractivity contribution in [3.05, 3.63) is 0 Å². The number of ether oxygens (including phenoxy) is 2. The van der Waals surface area contributed by atoms with Gasteiger partial charge < -0.3 is 14.8 Å². The molecule has 5 nitrogen and oxygen atoms in total. The average molecular weight is 272 g/mol. The van der Waals surface area contributed by atoms with Gasteiger partial charge >= 0.3 is 0 Å². The Labute approximate surface area is 116 Å². The minimum Gasteiger partial charge on any atom is -0.373 e. The molecule has 1 aliphatic rings. The second-order valence-corrected chi connectivity index (χ2v) is 5.39. The van der Waals surface area contributed by atoms with Gasteiger partial charge in [-0.1, -0.05) is 0 Å². The fraction of sp³-hybridized carbons (Fsp3) is 0.929. The van der Waals surface area contributed by atoms with Gasteiger partial charge in [-0.2, -0.15) is 0 Å². The Morgan fingerprint density at radius 2 is 2.00 bits per heavy atom. The van der Waals surface area contributed by atoms with E-state index < -0.39 is 0 Å². The van der Waals surface area contributed by atoms with Crippen LogP contribution in [0.15, 0.2) is 0 Å². The van der Waals surface area contributed by atoms with Gasteiger partial charge in [0.05, 0.1) is 12.2 Å². The number of unbranched alkanes of at least 4 members (excludes halogenated alkanes) is 1. The van der Waals surface area contributed by atoms with Gasteiger partial charge in [-0.15, -0.1) is 0 Å². The molecule has 0 radical (unpaired) electrons. The Hall–Kier alpha value is -0.650. The maximum absolute atomic E-state index is 11.5. The van der Waals surface area contributed by atoms with E-state index in [0.29, 0.717) is 12.2 Å². The van der Waals surface area contributed by atoms with E-state index in [0.717, 1.165) is 39.0 Å². The molecule has 0 aliphatic carbocycles. The van der Waals surface area contributed by atoms with Crippen molar-refractivity contribution in [2.75, 3.05) is 33.3 Å². The van der Waals surface area contributed by atoms with Crippen molar-refractivity contribution < 1.29 is 14.3 Å². The van der Waals surface area contributed by atoms with Crippen molar-refractivity contribution in [2.45, 2.75) is 51.9 Å². The smallest absolute Gasteiger partial charge is 0.248 e. The molecule has 0 bridgehead atoms. The molecule has 112 valence electrons. The lowest BCUT2D eigenvalue weighted by molar-refractivity contribution is -0.130. The quantitative estimate of drug-likeness (QED) is 0.703. The highest BCUT2D eigenvalue weighted by Crippen LogP contribution is 2.11. The normalized spacial score (nSPS) is 26.1. The summed E-state index contributed by atoms with van der Waals surface area (Å²) in [4.78, 5) is 13.9. The van der Waals surface area contributed by atoms with E-state index in [2.05, 4.69) is 24.1 Å². The number of amides is 1. The molecule has 1 fully saturated rings. The minimum atomic E-state index is -0.360. The van der Waals surface area contributed by atoms with Crippen molar-refractivity contribution in [3.63, 3.8) is 0 Å². The van der Waals surface area contributed by atoms with Crippen molar-refractivity contribution in [2.24, 2.45) is 0 Å². The van der Waals surface area contributed by atoms with Crippen LogP contribution in [-0.4, -0.2) is 62.4 Å². The highest BCUT2D eigenvalue weighted by Gasteiger charge is 2.21. The van der Waals surface area contributed by atoms with Crippen LogP contribution in [0.25, 0.3) is 0 Å². The van der Waals surface area contributed by atoms with Gasteiger partial charge in [-0.05, 0) is 40.2 Å². The van der Waals surface area contributed by atoms with Gasteiger partial charge in [0, 0.05) is 26.7 Å². The number of hydrogen-bond acceptors (Lipinski definition) is 4. The zero-order valence-electron chi connectivity index (χ0n) is 12.6. The third kappa shape index (κ3) is 6.36. The topological polar surface area (TPSA) is 50.8 Å². The van der Waals surface area contributed by atoms with Crippen LogP contribution >= 0.6 is 0 Å². The standard InChI is InChI=1S/C14H28N2O3/c1-11-9-16(10-12(2)19-11)8-6-5-7-15-14(17)13(3)18-4/h11-13H,5-10H2,1-4H3,(H,15,17)/t11-,12-,13-/m1/s1. The molecule has 0 aromatic carbocycles. The zero-order chi connectivity index (χ0) is 14.3. The SMILES string of the molecule is CO[C@H](C)C(=O)NCCCCN1C[C@@H](C)O[C@H](C)C1. The van der Waals surface area contributed by atoms with E-state index in [1.54, 1.807) is 14.0 Å². The number of nitrogens with zero attached hydrogens (tertiary/aromatic N) is 1. The van der Waals surface area contributed by atoms with Crippen molar-refractivity contribution >= 4 is 5.91 Å². The van der Waals surface area contributed by atoms with Gasteiger partial charge in [-0.25, -0.2) is 0 Å². The van der Waals surface area contributed by atoms with E-state index in [1.807, 2.05) is 0 Å². The maximum Gasteiger partial charge on any atom is 0.248 e. The van der Waals surface area contributed by atoms with Gasteiger partial charge in [0.1, 0.15) is 6.10 Å². The van der Waals surface area contributed by atoms with E-state index in [4.69, 9.17) is 9.47 Å². The fourth-order valence-electron chi connectivity index (χ4n) is 2.39. The highest BCUT2D eigenvalue weighted by molar-refractivity contribution is 5.80. The third-order valence-corrected chi connectivity index (χ3v) is 3.42. The highest BCUT2D eigenvalue weighted by atomic mass is 16.5. The van der Waals surface area contributed by atoms with Crippen LogP contribution in [0.2, 0.25) is 0 Å². The molecular weight excluding hydrogens is 244 g/mol. The molecule has 1 rings (SSSR count). The summed E-state index contributed by atoms with van der Waals surface area (Å²) in [6.45, 7) is 9.82. The second kappa shape index (κ2) is 8.51. The largest absolute Gasteiger partial charge is 0.373 e. The third-order valence-electron chi connectivity index (χ3n) is 3.42. The number of rotatable bonds is 7. The molecule has 0 spiro atoms. The van der Waals surface area contributed by atoms with Crippen LogP contribution in [-0.2, 0) is 14.3 Å². The number of carbonyl (C=O) groups is 1. The summed E-state index contributed by atoms with van der Waals surface area (Å²) < 4.78 is 10.7. The second-order valence-electron chi connectivity index (χ2n) is 5.39. The van der Waals surface area contributed by atoms with E-state index in [1.165, 1.54) is 0 Å². The van der Waals surface area contributed by atoms with Gasteiger partial charge in [0.15, 0.2) is 0 Å². The summed E-state index contributed by atoms with van der Waals surface area (Å²) in [7, 11) is 1.55. The van der Waals surface area contributed by atoms with E-state index in [-0.39, 0.29) is 12.0 Å². The monoisotopic (exact) mass is 272 g/mol. The number of carbonyl (C=O) groups excluding carboxylic acids is 1. The summed E-state index contributed by atoms with van der Waals surface area (Å²) in [6, 6.07) is 0. The summed E-state index contributed by atoms with van der Waals surface area (Å²) in [5.41, 5.74) is 0. The molecule has 1 N–H and O–H groups in total. The Kier molecular flexibility index (Phi) is 7.34. The zero-order valence-corrected chi connectivity index (χ0v) is 12.6. The van der Waals surface area contributed by atoms with Crippen LogP contribution in [0.1, 0.15) is 33.6 Å². The minimum absolute atomic E-state index is 0.0314. The molecule has 1 heterocycles. The molecule has 0 unspecified atom stereocenters. The summed E-state index contributed by atoms with van der Waals surface area (Å²) in [5, 5.41) is 2.88. The molecule has 0 saturated carbocycles. The van der Waals surface area contributed by atoms with Crippen molar-refractivity contribution in [3.8, 4) is 0 Å².